The van der Waals surface area contributed by atoms with Gasteiger partial charge < -0.3 is 5.32 Å². The molecule has 1 N–H and O–H groups in total. The molecular weight excluding hydrogens is 122 g/mol. The van der Waals surface area contributed by atoms with E-state index in [0.717, 1.165) is 24.3 Å². The summed E-state index contributed by atoms with van der Waals surface area (Å²) >= 11 is 0. The van der Waals surface area contributed by atoms with E-state index in [4.69, 9.17) is 0 Å². The Morgan fingerprint density at radius 3 is 2.80 bits per heavy atom. The molecule has 2 unspecified atom stereocenters. The second-order valence-corrected chi connectivity index (χ2v) is 3.80. The molecule has 0 aromatic heterocycles. The van der Waals surface area contributed by atoms with Crippen LogP contribution in [0.3, 0.4) is 0 Å². The standard InChI is InChI=1S/C9H17N/c1-2-10-6-8-5-9(8)7-3-4-7/h7-10H,2-6H2,1H3. The first-order valence-electron chi connectivity index (χ1n) is 4.62. The Morgan fingerprint density at radius 2 is 2.20 bits per heavy atom. The number of hydrogen-bond acceptors (Lipinski definition) is 1. The van der Waals surface area contributed by atoms with E-state index in [2.05, 4.69) is 12.2 Å². The van der Waals surface area contributed by atoms with Gasteiger partial charge in [-0.2, -0.15) is 0 Å². The van der Waals surface area contributed by atoms with Crippen LogP contribution in [-0.2, 0) is 0 Å². The lowest BCUT2D eigenvalue weighted by Gasteiger charge is -1.98. The Bertz CT molecular complexity index is 118. The van der Waals surface area contributed by atoms with Gasteiger partial charge in [-0.15, -0.1) is 0 Å². The minimum atomic E-state index is 1.06. The first kappa shape index (κ1) is 6.66. The molecule has 58 valence electrons. The minimum absolute atomic E-state index is 1.06. The molecule has 2 saturated carbocycles. The Balaban J connectivity index is 1.60. The van der Waals surface area contributed by atoms with E-state index in [1.165, 1.54) is 25.8 Å². The van der Waals surface area contributed by atoms with Gasteiger partial charge >= 0.3 is 0 Å². The van der Waals surface area contributed by atoms with E-state index < -0.39 is 0 Å². The summed E-state index contributed by atoms with van der Waals surface area (Å²) in [6.07, 6.45) is 4.60. The fourth-order valence-electron chi connectivity index (χ4n) is 1.94. The van der Waals surface area contributed by atoms with E-state index >= 15 is 0 Å². The van der Waals surface area contributed by atoms with Crippen molar-refractivity contribution in [1.82, 2.24) is 5.32 Å². The van der Waals surface area contributed by atoms with Gasteiger partial charge in [0, 0.05) is 0 Å². The third-order valence-corrected chi connectivity index (χ3v) is 2.86. The summed E-state index contributed by atoms with van der Waals surface area (Å²) in [6.45, 7) is 4.63. The van der Waals surface area contributed by atoms with E-state index in [1.807, 2.05) is 0 Å². The van der Waals surface area contributed by atoms with Crippen LogP contribution in [-0.4, -0.2) is 13.1 Å². The van der Waals surface area contributed by atoms with Crippen LogP contribution in [0.5, 0.6) is 0 Å². The van der Waals surface area contributed by atoms with Crippen LogP contribution in [0.25, 0.3) is 0 Å². The summed E-state index contributed by atoms with van der Waals surface area (Å²) in [5.74, 6) is 3.36. The fraction of sp³-hybridized carbons (Fsp3) is 1.00. The molecule has 2 aliphatic carbocycles. The van der Waals surface area contributed by atoms with Crippen LogP contribution < -0.4 is 5.32 Å². The normalized spacial score (nSPS) is 38.1. The second-order valence-electron chi connectivity index (χ2n) is 3.80. The molecule has 0 amide bonds. The van der Waals surface area contributed by atoms with E-state index in [-0.39, 0.29) is 0 Å². The van der Waals surface area contributed by atoms with Gasteiger partial charge in [-0.25, -0.2) is 0 Å². The first-order valence-corrected chi connectivity index (χ1v) is 4.62. The number of rotatable bonds is 4. The Morgan fingerprint density at radius 1 is 1.40 bits per heavy atom. The third-order valence-electron chi connectivity index (χ3n) is 2.86. The average molecular weight is 139 g/mol. The summed E-state index contributed by atoms with van der Waals surface area (Å²) < 4.78 is 0. The Kier molecular flexibility index (Phi) is 1.69. The summed E-state index contributed by atoms with van der Waals surface area (Å²) in [4.78, 5) is 0. The van der Waals surface area contributed by atoms with Crippen molar-refractivity contribution in [2.24, 2.45) is 17.8 Å². The van der Waals surface area contributed by atoms with Crippen LogP contribution in [0.4, 0.5) is 0 Å². The molecule has 2 atom stereocenters. The Labute approximate surface area is 63.2 Å². The maximum absolute atomic E-state index is 3.42. The molecule has 2 fully saturated rings. The summed E-state index contributed by atoms with van der Waals surface area (Å²) in [5.41, 5.74) is 0. The predicted molar refractivity (Wildman–Crippen MR) is 42.9 cm³/mol. The van der Waals surface area contributed by atoms with Gasteiger partial charge in [-0.1, -0.05) is 6.92 Å². The molecule has 10 heavy (non-hydrogen) atoms. The molecule has 1 heteroatoms. The van der Waals surface area contributed by atoms with Gasteiger partial charge in [0.05, 0.1) is 0 Å². The summed E-state index contributed by atoms with van der Waals surface area (Å²) in [7, 11) is 0. The van der Waals surface area contributed by atoms with Gasteiger partial charge in [0.1, 0.15) is 0 Å². The van der Waals surface area contributed by atoms with Crippen LogP contribution in [0.1, 0.15) is 26.2 Å². The third kappa shape index (κ3) is 1.34. The molecule has 0 saturated heterocycles. The van der Waals surface area contributed by atoms with E-state index in [9.17, 15) is 0 Å². The highest BCUT2D eigenvalue weighted by Gasteiger charge is 2.46. The molecule has 0 aliphatic heterocycles. The lowest BCUT2D eigenvalue weighted by Crippen LogP contribution is -2.16. The SMILES string of the molecule is CCNCC1CC1C1CC1. The van der Waals surface area contributed by atoms with E-state index in [1.54, 1.807) is 0 Å². The van der Waals surface area contributed by atoms with Gasteiger partial charge in [0.25, 0.3) is 0 Å². The fourth-order valence-corrected chi connectivity index (χ4v) is 1.94. The molecule has 0 bridgehead atoms. The van der Waals surface area contributed by atoms with Crippen LogP contribution >= 0.6 is 0 Å². The zero-order valence-corrected chi connectivity index (χ0v) is 6.77. The van der Waals surface area contributed by atoms with Gasteiger partial charge in [0.15, 0.2) is 0 Å². The van der Waals surface area contributed by atoms with Crippen molar-refractivity contribution in [2.75, 3.05) is 13.1 Å². The van der Waals surface area contributed by atoms with Crippen molar-refractivity contribution in [3.05, 3.63) is 0 Å². The van der Waals surface area contributed by atoms with Crippen LogP contribution in [0.15, 0.2) is 0 Å². The maximum Gasteiger partial charge on any atom is -0.00178 e. The van der Waals surface area contributed by atoms with Crippen molar-refractivity contribution in [3.63, 3.8) is 0 Å². The lowest BCUT2D eigenvalue weighted by atomic mass is 10.2. The second kappa shape index (κ2) is 2.54. The van der Waals surface area contributed by atoms with Crippen LogP contribution in [0.2, 0.25) is 0 Å². The van der Waals surface area contributed by atoms with Gasteiger partial charge in [0.2, 0.25) is 0 Å². The molecule has 1 nitrogen and oxygen atoms in total. The highest BCUT2D eigenvalue weighted by Crippen LogP contribution is 2.53. The molecule has 2 rings (SSSR count). The first-order chi connectivity index (χ1) is 4.92. The topological polar surface area (TPSA) is 12.0 Å². The molecule has 0 aromatic rings. The van der Waals surface area contributed by atoms with Crippen molar-refractivity contribution in [2.45, 2.75) is 26.2 Å². The van der Waals surface area contributed by atoms with Gasteiger partial charge in [-0.05, 0) is 50.1 Å². The highest BCUT2D eigenvalue weighted by molar-refractivity contribution is 4.97. The zero-order chi connectivity index (χ0) is 6.97. The molecule has 0 heterocycles. The molecule has 0 spiro atoms. The maximum atomic E-state index is 3.42. The van der Waals surface area contributed by atoms with Crippen molar-refractivity contribution < 1.29 is 0 Å². The highest BCUT2D eigenvalue weighted by atomic mass is 14.9. The smallest absolute Gasteiger partial charge is 0.00178 e. The molecule has 2 aliphatic rings. The van der Waals surface area contributed by atoms with E-state index in [0.29, 0.717) is 0 Å². The molecule has 0 aromatic carbocycles. The lowest BCUT2D eigenvalue weighted by molar-refractivity contribution is 0.579. The molecule has 0 radical (unpaired) electrons. The van der Waals surface area contributed by atoms with Crippen molar-refractivity contribution in [3.8, 4) is 0 Å². The Hall–Kier alpha value is -0.0400. The van der Waals surface area contributed by atoms with Gasteiger partial charge in [-0.3, -0.25) is 0 Å². The number of hydrogen-bond donors (Lipinski definition) is 1. The minimum Gasteiger partial charge on any atom is -0.317 e. The monoisotopic (exact) mass is 139 g/mol. The predicted octanol–water partition coefficient (Wildman–Crippen LogP) is 1.64. The summed E-state index contributed by atoms with van der Waals surface area (Å²) in [5, 5.41) is 3.42. The zero-order valence-electron chi connectivity index (χ0n) is 6.77. The molecular formula is C9H17N. The summed E-state index contributed by atoms with van der Waals surface area (Å²) in [6, 6.07) is 0. The number of nitrogens with one attached hydrogen (secondary N) is 1. The van der Waals surface area contributed by atoms with Crippen molar-refractivity contribution in [1.29, 1.82) is 0 Å². The average Bonchev–Trinajstić information content (AvgIpc) is 2.77. The quantitative estimate of drug-likeness (QED) is 0.624. The van der Waals surface area contributed by atoms with Crippen LogP contribution in [0, 0.1) is 17.8 Å². The largest absolute Gasteiger partial charge is 0.317 e. The van der Waals surface area contributed by atoms with Crippen molar-refractivity contribution >= 4 is 0 Å².